The number of sulfonamides is 1. The third-order valence-corrected chi connectivity index (χ3v) is 5.67. The van der Waals surface area contributed by atoms with Crippen LogP contribution >= 0.6 is 0 Å². The van der Waals surface area contributed by atoms with Crippen molar-refractivity contribution in [2.75, 3.05) is 11.0 Å². The second-order valence-electron chi connectivity index (χ2n) is 7.34. The number of hydrogen-bond acceptors (Lipinski definition) is 6. The number of nitrogens with one attached hydrogen (secondary N) is 1. The van der Waals surface area contributed by atoms with Crippen LogP contribution < -0.4 is 4.72 Å². The van der Waals surface area contributed by atoms with Gasteiger partial charge in [-0.2, -0.15) is 10.1 Å². The molecule has 1 fully saturated rings. The van der Waals surface area contributed by atoms with Gasteiger partial charge in [0.2, 0.25) is 10.0 Å². The second kappa shape index (κ2) is 7.43. The summed E-state index contributed by atoms with van der Waals surface area (Å²) in [5.41, 5.74) is 1.68. The van der Waals surface area contributed by atoms with Crippen LogP contribution in [-0.2, 0) is 10.0 Å². The number of fused-ring (bicyclic) bond motifs is 1. The van der Waals surface area contributed by atoms with Crippen molar-refractivity contribution in [3.8, 4) is 5.95 Å². The standard InChI is InChI=1S/C19H21N5O4S/c1-29(27,28)23-17-15-9-13(12-5-3-2-4-6-12)7-8-16(15)21-19(22-17)24-11-14(10-20-24)18(25)26/h7-12H,2-6H2,1H3,(H,25,26)(H,21,22,23). The Hall–Kier alpha value is -3.01. The van der Waals surface area contributed by atoms with Crippen molar-refractivity contribution >= 4 is 32.7 Å². The summed E-state index contributed by atoms with van der Waals surface area (Å²) in [4.78, 5) is 19.9. The SMILES string of the molecule is CS(=O)(=O)Nc1nc(-n2cc(C(=O)O)cn2)nc2ccc(C3CCCCC3)cc12. The zero-order chi connectivity index (χ0) is 20.6. The number of nitrogens with zero attached hydrogens (tertiary/aromatic N) is 4. The number of aromatic nitrogens is 4. The number of carboxylic acids is 1. The predicted molar refractivity (Wildman–Crippen MR) is 108 cm³/mol. The fraction of sp³-hybridized carbons (Fsp3) is 0.368. The van der Waals surface area contributed by atoms with Gasteiger partial charge in [-0.1, -0.05) is 25.3 Å². The average Bonchev–Trinajstić information content (AvgIpc) is 3.18. The lowest BCUT2D eigenvalue weighted by atomic mass is 9.84. The van der Waals surface area contributed by atoms with Crippen molar-refractivity contribution in [2.24, 2.45) is 0 Å². The molecule has 1 aromatic carbocycles. The van der Waals surface area contributed by atoms with Crippen LogP contribution in [0.5, 0.6) is 0 Å². The van der Waals surface area contributed by atoms with E-state index in [1.54, 1.807) is 0 Å². The van der Waals surface area contributed by atoms with E-state index in [9.17, 15) is 13.2 Å². The molecule has 0 bridgehead atoms. The molecule has 1 aliphatic carbocycles. The van der Waals surface area contributed by atoms with Crippen molar-refractivity contribution in [3.05, 3.63) is 41.7 Å². The van der Waals surface area contributed by atoms with Crippen LogP contribution in [0.4, 0.5) is 5.82 Å². The number of aromatic carboxylic acids is 1. The van der Waals surface area contributed by atoms with Gasteiger partial charge in [-0.05, 0) is 36.5 Å². The molecular weight excluding hydrogens is 394 g/mol. The predicted octanol–water partition coefficient (Wildman–Crippen LogP) is 2.93. The first kappa shape index (κ1) is 19.3. The normalized spacial score (nSPS) is 15.5. The summed E-state index contributed by atoms with van der Waals surface area (Å²) in [6.07, 6.45) is 9.39. The molecule has 0 spiro atoms. The summed E-state index contributed by atoms with van der Waals surface area (Å²) in [5.74, 6) is -0.439. The van der Waals surface area contributed by atoms with Crippen molar-refractivity contribution in [1.82, 2.24) is 19.7 Å². The second-order valence-corrected chi connectivity index (χ2v) is 9.09. The van der Waals surface area contributed by atoms with E-state index in [1.165, 1.54) is 36.3 Å². The molecule has 3 aromatic rings. The van der Waals surface area contributed by atoms with Gasteiger partial charge in [-0.15, -0.1) is 0 Å². The Morgan fingerprint density at radius 2 is 1.97 bits per heavy atom. The summed E-state index contributed by atoms with van der Waals surface area (Å²) in [6, 6.07) is 5.82. The van der Waals surface area contributed by atoms with E-state index in [0.717, 1.165) is 24.7 Å². The maximum absolute atomic E-state index is 11.9. The van der Waals surface area contributed by atoms with E-state index >= 15 is 0 Å². The largest absolute Gasteiger partial charge is 0.478 e. The first-order valence-electron chi connectivity index (χ1n) is 9.38. The molecule has 2 aromatic heterocycles. The first-order chi connectivity index (χ1) is 13.8. The molecule has 4 rings (SSSR count). The molecule has 0 atom stereocenters. The zero-order valence-corrected chi connectivity index (χ0v) is 16.7. The molecule has 0 amide bonds. The zero-order valence-electron chi connectivity index (χ0n) is 15.9. The van der Waals surface area contributed by atoms with E-state index in [-0.39, 0.29) is 17.3 Å². The maximum Gasteiger partial charge on any atom is 0.338 e. The van der Waals surface area contributed by atoms with E-state index in [2.05, 4.69) is 19.8 Å². The molecule has 9 nitrogen and oxygen atoms in total. The molecular formula is C19H21N5O4S. The number of rotatable bonds is 5. The van der Waals surface area contributed by atoms with Crippen molar-refractivity contribution < 1.29 is 18.3 Å². The monoisotopic (exact) mass is 415 g/mol. The van der Waals surface area contributed by atoms with E-state index in [4.69, 9.17) is 5.11 Å². The number of carbonyl (C=O) groups is 1. The highest BCUT2D eigenvalue weighted by molar-refractivity contribution is 7.92. The lowest BCUT2D eigenvalue weighted by molar-refractivity contribution is 0.0697. The molecule has 0 aliphatic heterocycles. The van der Waals surface area contributed by atoms with Gasteiger partial charge in [-0.3, -0.25) is 4.72 Å². The molecule has 0 radical (unpaired) electrons. The third kappa shape index (κ3) is 4.21. The summed E-state index contributed by atoms with van der Waals surface area (Å²) < 4.78 is 27.5. The smallest absolute Gasteiger partial charge is 0.338 e. The molecule has 1 aliphatic rings. The Balaban J connectivity index is 1.83. The van der Waals surface area contributed by atoms with Crippen LogP contribution in [0.1, 0.15) is 53.9 Å². The molecule has 0 saturated heterocycles. The Labute approximate surface area is 167 Å². The summed E-state index contributed by atoms with van der Waals surface area (Å²) in [6.45, 7) is 0. The van der Waals surface area contributed by atoms with Crippen LogP contribution in [0.3, 0.4) is 0 Å². The summed E-state index contributed by atoms with van der Waals surface area (Å²) in [7, 11) is -3.58. The summed E-state index contributed by atoms with van der Waals surface area (Å²) in [5, 5.41) is 13.7. The van der Waals surface area contributed by atoms with Crippen LogP contribution in [0.15, 0.2) is 30.6 Å². The van der Waals surface area contributed by atoms with E-state index in [1.807, 2.05) is 18.2 Å². The lowest BCUT2D eigenvalue weighted by Crippen LogP contribution is -2.14. The lowest BCUT2D eigenvalue weighted by Gasteiger charge is -2.22. The Morgan fingerprint density at radius 1 is 1.21 bits per heavy atom. The number of hydrogen-bond donors (Lipinski definition) is 2. The molecule has 152 valence electrons. The van der Waals surface area contributed by atoms with E-state index in [0.29, 0.717) is 16.8 Å². The van der Waals surface area contributed by atoms with Gasteiger partial charge in [0.05, 0.1) is 23.5 Å². The van der Waals surface area contributed by atoms with Crippen molar-refractivity contribution in [1.29, 1.82) is 0 Å². The Bertz CT molecular complexity index is 1180. The maximum atomic E-state index is 11.9. The van der Waals surface area contributed by atoms with Crippen LogP contribution in [0.2, 0.25) is 0 Å². The molecule has 10 heteroatoms. The van der Waals surface area contributed by atoms with Gasteiger partial charge >= 0.3 is 5.97 Å². The molecule has 2 N–H and O–H groups in total. The molecule has 0 unspecified atom stereocenters. The fourth-order valence-electron chi connectivity index (χ4n) is 3.72. The van der Waals surface area contributed by atoms with Gasteiger partial charge < -0.3 is 5.11 Å². The van der Waals surface area contributed by atoms with Gasteiger partial charge in [0.1, 0.15) is 0 Å². The van der Waals surface area contributed by atoms with Gasteiger partial charge in [0, 0.05) is 11.6 Å². The molecule has 1 saturated carbocycles. The highest BCUT2D eigenvalue weighted by Crippen LogP contribution is 2.35. The van der Waals surface area contributed by atoms with Gasteiger partial charge in [0.25, 0.3) is 5.95 Å². The minimum Gasteiger partial charge on any atom is -0.478 e. The number of anilines is 1. The minimum atomic E-state index is -3.58. The quantitative estimate of drug-likeness (QED) is 0.656. The van der Waals surface area contributed by atoms with Gasteiger partial charge in [0.15, 0.2) is 5.82 Å². The highest BCUT2D eigenvalue weighted by atomic mass is 32.2. The molecule has 29 heavy (non-hydrogen) atoms. The summed E-state index contributed by atoms with van der Waals surface area (Å²) >= 11 is 0. The first-order valence-corrected chi connectivity index (χ1v) is 11.3. The minimum absolute atomic E-state index is 0.0148. The number of benzene rings is 1. The average molecular weight is 415 g/mol. The van der Waals surface area contributed by atoms with Crippen LogP contribution in [-0.4, -0.2) is 45.5 Å². The highest BCUT2D eigenvalue weighted by Gasteiger charge is 2.19. The third-order valence-electron chi connectivity index (χ3n) is 5.10. The molecule has 2 heterocycles. The fourth-order valence-corrected chi connectivity index (χ4v) is 4.23. The van der Waals surface area contributed by atoms with E-state index < -0.39 is 16.0 Å². The Kier molecular flexibility index (Phi) is 4.95. The number of carboxylic acid groups (broad SMARTS) is 1. The van der Waals surface area contributed by atoms with Crippen LogP contribution in [0.25, 0.3) is 16.9 Å². The van der Waals surface area contributed by atoms with Gasteiger partial charge in [-0.25, -0.2) is 22.9 Å². The Morgan fingerprint density at radius 3 is 2.62 bits per heavy atom. The van der Waals surface area contributed by atoms with Crippen LogP contribution in [0, 0.1) is 0 Å². The van der Waals surface area contributed by atoms with Crippen molar-refractivity contribution in [3.63, 3.8) is 0 Å². The topological polar surface area (TPSA) is 127 Å². The van der Waals surface area contributed by atoms with Crippen molar-refractivity contribution in [2.45, 2.75) is 38.0 Å².